The van der Waals surface area contributed by atoms with Gasteiger partial charge in [-0.05, 0) is 50.4 Å². The second-order valence-electron chi connectivity index (χ2n) is 7.24. The summed E-state index contributed by atoms with van der Waals surface area (Å²) in [5.41, 5.74) is -0.359. The summed E-state index contributed by atoms with van der Waals surface area (Å²) < 4.78 is 0. The quantitative estimate of drug-likeness (QED) is 0.661. The van der Waals surface area contributed by atoms with Crippen molar-refractivity contribution in [2.24, 2.45) is 17.3 Å². The lowest BCUT2D eigenvalue weighted by Gasteiger charge is -2.44. The molecule has 0 atom stereocenters. The van der Waals surface area contributed by atoms with Crippen LogP contribution in [0.1, 0.15) is 90.4 Å². The first-order valence-corrected chi connectivity index (χ1v) is 8.92. The molecule has 1 N–H and O–H groups in total. The molecule has 0 unspecified atom stereocenters. The molecule has 0 aromatic rings. The monoisotopic (exact) mass is 280 g/mol. The van der Waals surface area contributed by atoms with Crippen LogP contribution in [0.3, 0.4) is 0 Å². The van der Waals surface area contributed by atoms with Gasteiger partial charge < -0.3 is 5.11 Å². The van der Waals surface area contributed by atoms with Crippen molar-refractivity contribution in [2.75, 3.05) is 0 Å². The highest BCUT2D eigenvalue weighted by atomic mass is 16.4. The van der Waals surface area contributed by atoms with E-state index in [0.29, 0.717) is 5.92 Å². The molecule has 2 rings (SSSR count). The van der Waals surface area contributed by atoms with Crippen molar-refractivity contribution in [3.8, 4) is 0 Å². The molecule has 2 aliphatic carbocycles. The zero-order valence-electron chi connectivity index (χ0n) is 13.2. The topological polar surface area (TPSA) is 37.3 Å². The van der Waals surface area contributed by atoms with E-state index >= 15 is 0 Å². The molecule has 0 aromatic carbocycles. The van der Waals surface area contributed by atoms with Gasteiger partial charge in [-0.3, -0.25) is 4.79 Å². The number of unbranched alkanes of at least 4 members (excludes halogenated alkanes) is 2. The van der Waals surface area contributed by atoms with Crippen molar-refractivity contribution in [3.63, 3.8) is 0 Å². The molecule has 2 heteroatoms. The second-order valence-corrected chi connectivity index (χ2v) is 7.24. The van der Waals surface area contributed by atoms with E-state index in [9.17, 15) is 9.90 Å². The maximum Gasteiger partial charge on any atom is 0.309 e. The van der Waals surface area contributed by atoms with Gasteiger partial charge in [-0.1, -0.05) is 51.9 Å². The third-order valence-electron chi connectivity index (χ3n) is 6.03. The zero-order valence-corrected chi connectivity index (χ0v) is 13.2. The third kappa shape index (κ3) is 3.56. The SMILES string of the molecule is CCCCCC1CCC(C(=O)O)(C2CCCCC2)CC1. The van der Waals surface area contributed by atoms with Gasteiger partial charge in [-0.15, -0.1) is 0 Å². The second kappa shape index (κ2) is 7.47. The lowest BCUT2D eigenvalue weighted by Crippen LogP contribution is -2.42. The standard InChI is InChI=1S/C18H32O2/c1-2-3-5-8-15-11-13-18(14-12-15,17(19)20)16-9-6-4-7-10-16/h15-16H,2-14H2,1H3,(H,19,20). The minimum absolute atomic E-state index is 0.359. The molecular formula is C18H32O2. The van der Waals surface area contributed by atoms with Crippen LogP contribution in [-0.2, 0) is 4.79 Å². The molecule has 0 heterocycles. The molecule has 0 radical (unpaired) electrons. The summed E-state index contributed by atoms with van der Waals surface area (Å²) in [7, 11) is 0. The van der Waals surface area contributed by atoms with E-state index < -0.39 is 5.97 Å². The summed E-state index contributed by atoms with van der Waals surface area (Å²) in [6, 6.07) is 0. The van der Waals surface area contributed by atoms with Crippen LogP contribution >= 0.6 is 0 Å². The van der Waals surface area contributed by atoms with Crippen LogP contribution in [0, 0.1) is 17.3 Å². The molecule has 2 aliphatic rings. The Labute approximate surface area is 124 Å². The predicted octanol–water partition coefficient (Wildman–Crippen LogP) is 5.41. The Morgan fingerprint density at radius 2 is 1.70 bits per heavy atom. The van der Waals surface area contributed by atoms with E-state index in [1.54, 1.807) is 0 Å². The van der Waals surface area contributed by atoms with Crippen molar-refractivity contribution in [1.82, 2.24) is 0 Å². The molecule has 2 nitrogen and oxygen atoms in total. The Hall–Kier alpha value is -0.530. The van der Waals surface area contributed by atoms with Crippen molar-refractivity contribution in [3.05, 3.63) is 0 Å². The Kier molecular flexibility index (Phi) is 5.92. The normalized spacial score (nSPS) is 32.1. The van der Waals surface area contributed by atoms with Gasteiger partial charge in [0, 0.05) is 0 Å². The van der Waals surface area contributed by atoms with E-state index in [0.717, 1.165) is 44.4 Å². The molecular weight excluding hydrogens is 248 g/mol. The number of hydrogen-bond donors (Lipinski definition) is 1. The third-order valence-corrected chi connectivity index (χ3v) is 6.03. The van der Waals surface area contributed by atoms with Gasteiger partial charge in [0.25, 0.3) is 0 Å². The van der Waals surface area contributed by atoms with E-state index in [4.69, 9.17) is 0 Å². The van der Waals surface area contributed by atoms with Crippen LogP contribution in [0.25, 0.3) is 0 Å². The summed E-state index contributed by atoms with van der Waals surface area (Å²) in [6.45, 7) is 2.25. The predicted molar refractivity (Wildman–Crippen MR) is 82.7 cm³/mol. The molecule has 0 spiro atoms. The fourth-order valence-electron chi connectivity index (χ4n) is 4.62. The summed E-state index contributed by atoms with van der Waals surface area (Å²) in [6.07, 6.45) is 15.6. The van der Waals surface area contributed by atoms with E-state index in [1.165, 1.54) is 44.9 Å². The number of carboxylic acids is 1. The van der Waals surface area contributed by atoms with Crippen LogP contribution in [-0.4, -0.2) is 11.1 Å². The van der Waals surface area contributed by atoms with Crippen molar-refractivity contribution in [2.45, 2.75) is 90.4 Å². The first-order valence-electron chi connectivity index (χ1n) is 8.92. The smallest absolute Gasteiger partial charge is 0.309 e. The van der Waals surface area contributed by atoms with Crippen LogP contribution in [0.5, 0.6) is 0 Å². The molecule has 0 saturated heterocycles. The minimum Gasteiger partial charge on any atom is -0.481 e. The van der Waals surface area contributed by atoms with Gasteiger partial charge in [0.1, 0.15) is 0 Å². The van der Waals surface area contributed by atoms with Gasteiger partial charge in [0.15, 0.2) is 0 Å². The van der Waals surface area contributed by atoms with Gasteiger partial charge in [-0.2, -0.15) is 0 Å². The van der Waals surface area contributed by atoms with Crippen LogP contribution in [0.15, 0.2) is 0 Å². The van der Waals surface area contributed by atoms with Crippen LogP contribution in [0.2, 0.25) is 0 Å². The Morgan fingerprint density at radius 3 is 2.25 bits per heavy atom. The highest BCUT2D eigenvalue weighted by Gasteiger charge is 2.47. The molecule has 20 heavy (non-hydrogen) atoms. The Bertz CT molecular complexity index is 297. The van der Waals surface area contributed by atoms with Gasteiger partial charge in [-0.25, -0.2) is 0 Å². The Balaban J connectivity index is 1.90. The highest BCUT2D eigenvalue weighted by molar-refractivity contribution is 5.75. The molecule has 2 fully saturated rings. The van der Waals surface area contributed by atoms with E-state index in [-0.39, 0.29) is 5.41 Å². The summed E-state index contributed by atoms with van der Waals surface area (Å²) in [5, 5.41) is 9.84. The van der Waals surface area contributed by atoms with Crippen LogP contribution < -0.4 is 0 Å². The van der Waals surface area contributed by atoms with E-state index in [1.807, 2.05) is 0 Å². The van der Waals surface area contributed by atoms with Crippen molar-refractivity contribution < 1.29 is 9.90 Å². The average molecular weight is 280 g/mol. The molecule has 0 aliphatic heterocycles. The lowest BCUT2D eigenvalue weighted by atomic mass is 9.60. The molecule has 116 valence electrons. The van der Waals surface area contributed by atoms with Crippen molar-refractivity contribution >= 4 is 5.97 Å². The largest absolute Gasteiger partial charge is 0.481 e. The first kappa shape index (κ1) is 15.9. The van der Waals surface area contributed by atoms with E-state index in [2.05, 4.69) is 6.92 Å². The first-order chi connectivity index (χ1) is 9.69. The fraction of sp³-hybridized carbons (Fsp3) is 0.944. The summed E-state index contributed by atoms with van der Waals surface area (Å²) >= 11 is 0. The molecule has 2 saturated carbocycles. The van der Waals surface area contributed by atoms with Crippen molar-refractivity contribution in [1.29, 1.82) is 0 Å². The maximum absolute atomic E-state index is 11.9. The zero-order chi connectivity index (χ0) is 14.4. The summed E-state index contributed by atoms with van der Waals surface area (Å²) in [4.78, 5) is 11.9. The molecule has 0 amide bonds. The molecule has 0 bridgehead atoms. The Morgan fingerprint density at radius 1 is 1.05 bits per heavy atom. The number of rotatable bonds is 6. The fourth-order valence-corrected chi connectivity index (χ4v) is 4.62. The number of carboxylic acid groups (broad SMARTS) is 1. The average Bonchev–Trinajstić information content (AvgIpc) is 2.49. The minimum atomic E-state index is -0.489. The molecule has 0 aromatic heterocycles. The highest BCUT2D eigenvalue weighted by Crippen LogP contribution is 2.50. The maximum atomic E-state index is 11.9. The van der Waals surface area contributed by atoms with Gasteiger partial charge in [0.05, 0.1) is 5.41 Å². The van der Waals surface area contributed by atoms with Crippen LogP contribution in [0.4, 0.5) is 0 Å². The number of carbonyl (C=O) groups is 1. The lowest BCUT2D eigenvalue weighted by molar-refractivity contribution is -0.157. The van der Waals surface area contributed by atoms with Gasteiger partial charge in [0.2, 0.25) is 0 Å². The van der Waals surface area contributed by atoms with Gasteiger partial charge >= 0.3 is 5.97 Å². The summed E-state index contributed by atoms with van der Waals surface area (Å²) in [5.74, 6) is 0.777. The number of hydrogen-bond acceptors (Lipinski definition) is 1. The number of aliphatic carboxylic acids is 1.